The van der Waals surface area contributed by atoms with Crippen molar-refractivity contribution in [2.45, 2.75) is 5.92 Å². The van der Waals surface area contributed by atoms with E-state index in [-0.39, 0.29) is 0 Å². The van der Waals surface area contributed by atoms with Gasteiger partial charge in [0.15, 0.2) is 5.58 Å². The molecule has 2 heterocycles. The van der Waals surface area contributed by atoms with Crippen molar-refractivity contribution in [1.82, 2.24) is 14.5 Å². The van der Waals surface area contributed by atoms with E-state index in [1.54, 1.807) is 37.6 Å². The Labute approximate surface area is 107 Å². The minimum absolute atomic E-state index is 0.418. The second kappa shape index (κ2) is 4.14. The normalized spacial score (nSPS) is 12.4. The average molecular weight is 254 g/mol. The van der Waals surface area contributed by atoms with Crippen molar-refractivity contribution in [3.05, 3.63) is 52.5 Å². The third-order valence-corrected chi connectivity index (χ3v) is 3.07. The predicted molar refractivity (Wildman–Crippen MR) is 67.5 cm³/mol. The number of nitrogens with one attached hydrogen (secondary N) is 1. The summed E-state index contributed by atoms with van der Waals surface area (Å²) in [4.78, 5) is 18.4. The molecule has 1 atom stereocenters. The zero-order valence-corrected chi connectivity index (χ0v) is 10.1. The van der Waals surface area contributed by atoms with Crippen LogP contribution in [0, 0.1) is 11.3 Å². The molecule has 0 saturated carbocycles. The number of hydrogen-bond acceptors (Lipinski definition) is 4. The molecule has 2 aromatic heterocycles. The van der Waals surface area contributed by atoms with Gasteiger partial charge in [0.25, 0.3) is 0 Å². The first-order chi connectivity index (χ1) is 9.20. The highest BCUT2D eigenvalue weighted by atomic mass is 16.4. The highest BCUT2D eigenvalue weighted by molar-refractivity contribution is 5.74. The maximum atomic E-state index is 11.4. The van der Waals surface area contributed by atoms with Crippen LogP contribution in [0.15, 0.2) is 39.8 Å². The lowest BCUT2D eigenvalue weighted by Crippen LogP contribution is -2.08. The van der Waals surface area contributed by atoms with Gasteiger partial charge in [0.05, 0.1) is 11.6 Å². The molecule has 0 saturated heterocycles. The standard InChI is InChI=1S/C13H10N4O2/c1-17-10-3-2-8(6-11(10)19-13(17)18)9(7-14)12-15-4-5-16-12/h2-6,9H,1H3,(H,15,16). The van der Waals surface area contributed by atoms with Gasteiger partial charge in [-0.2, -0.15) is 5.26 Å². The summed E-state index contributed by atoms with van der Waals surface area (Å²) in [6.07, 6.45) is 3.27. The summed E-state index contributed by atoms with van der Waals surface area (Å²) >= 11 is 0. The van der Waals surface area contributed by atoms with Gasteiger partial charge in [0.1, 0.15) is 11.7 Å². The second-order valence-corrected chi connectivity index (χ2v) is 4.19. The summed E-state index contributed by atoms with van der Waals surface area (Å²) in [6, 6.07) is 7.45. The maximum Gasteiger partial charge on any atom is 0.419 e. The molecule has 0 aliphatic rings. The number of imidazole rings is 1. The Morgan fingerprint density at radius 3 is 3.05 bits per heavy atom. The summed E-state index contributed by atoms with van der Waals surface area (Å²) in [5.41, 5.74) is 1.90. The van der Waals surface area contributed by atoms with Crippen LogP contribution in [0.25, 0.3) is 11.1 Å². The molecular weight excluding hydrogens is 244 g/mol. The van der Waals surface area contributed by atoms with E-state index in [4.69, 9.17) is 4.42 Å². The summed E-state index contributed by atoms with van der Waals surface area (Å²) in [6.45, 7) is 0. The number of H-pyrrole nitrogens is 1. The molecule has 6 heteroatoms. The first-order valence-corrected chi connectivity index (χ1v) is 5.69. The number of aromatic amines is 1. The Hall–Kier alpha value is -2.81. The lowest BCUT2D eigenvalue weighted by Gasteiger charge is -2.06. The molecule has 0 amide bonds. The lowest BCUT2D eigenvalue weighted by molar-refractivity contribution is 0.528. The van der Waals surface area contributed by atoms with Crippen LogP contribution >= 0.6 is 0 Å². The fraction of sp³-hybridized carbons (Fsp3) is 0.154. The fourth-order valence-electron chi connectivity index (χ4n) is 2.06. The molecule has 1 unspecified atom stereocenters. The van der Waals surface area contributed by atoms with Gasteiger partial charge in [-0.1, -0.05) is 6.07 Å². The quantitative estimate of drug-likeness (QED) is 0.750. The molecule has 0 spiro atoms. The minimum atomic E-state index is -0.509. The highest BCUT2D eigenvalue weighted by Gasteiger charge is 2.17. The fourth-order valence-corrected chi connectivity index (χ4v) is 2.06. The number of nitrogens with zero attached hydrogens (tertiary/aromatic N) is 3. The van der Waals surface area contributed by atoms with Gasteiger partial charge in [-0.3, -0.25) is 4.57 Å². The Bertz CT molecular complexity index is 821. The van der Waals surface area contributed by atoms with Gasteiger partial charge in [-0.05, 0) is 17.7 Å². The predicted octanol–water partition coefficient (Wildman–Crippen LogP) is 1.51. The van der Waals surface area contributed by atoms with Gasteiger partial charge in [0, 0.05) is 19.4 Å². The second-order valence-electron chi connectivity index (χ2n) is 4.19. The number of benzene rings is 1. The summed E-state index contributed by atoms with van der Waals surface area (Å²) in [5, 5.41) is 9.28. The van der Waals surface area contributed by atoms with Crippen molar-refractivity contribution < 1.29 is 4.42 Å². The van der Waals surface area contributed by atoms with E-state index in [1.165, 1.54) is 4.57 Å². The van der Waals surface area contributed by atoms with Crippen LogP contribution in [-0.4, -0.2) is 14.5 Å². The number of oxazole rings is 1. The number of rotatable bonds is 2. The molecule has 6 nitrogen and oxygen atoms in total. The van der Waals surface area contributed by atoms with Crippen LogP contribution in [0.4, 0.5) is 0 Å². The molecule has 0 radical (unpaired) electrons. The van der Waals surface area contributed by atoms with Gasteiger partial charge in [-0.15, -0.1) is 0 Å². The molecule has 0 aliphatic carbocycles. The van der Waals surface area contributed by atoms with Gasteiger partial charge in [-0.25, -0.2) is 9.78 Å². The van der Waals surface area contributed by atoms with Crippen molar-refractivity contribution in [1.29, 1.82) is 5.26 Å². The number of nitriles is 1. The molecule has 19 heavy (non-hydrogen) atoms. The van der Waals surface area contributed by atoms with Gasteiger partial charge >= 0.3 is 5.76 Å². The van der Waals surface area contributed by atoms with E-state index in [1.807, 2.05) is 0 Å². The monoisotopic (exact) mass is 254 g/mol. The lowest BCUT2D eigenvalue weighted by atomic mass is 10.00. The molecule has 3 aromatic rings. The maximum absolute atomic E-state index is 11.4. The molecule has 0 bridgehead atoms. The Morgan fingerprint density at radius 1 is 1.53 bits per heavy atom. The largest absolute Gasteiger partial charge is 0.419 e. The summed E-state index contributed by atoms with van der Waals surface area (Å²) < 4.78 is 6.54. The SMILES string of the molecule is Cn1c(=O)oc2cc(C(C#N)c3ncc[nH]3)ccc21. The summed E-state index contributed by atoms with van der Waals surface area (Å²) in [5.74, 6) is -0.358. The van der Waals surface area contributed by atoms with Crippen molar-refractivity contribution in [3.63, 3.8) is 0 Å². The van der Waals surface area contributed by atoms with Crippen molar-refractivity contribution in [2.24, 2.45) is 7.05 Å². The molecule has 0 aliphatic heterocycles. The first-order valence-electron chi connectivity index (χ1n) is 5.69. The number of aryl methyl sites for hydroxylation is 1. The van der Waals surface area contributed by atoms with Crippen molar-refractivity contribution in [3.8, 4) is 6.07 Å². The Kier molecular flexibility index (Phi) is 2.46. The molecular formula is C13H10N4O2. The van der Waals surface area contributed by atoms with Gasteiger partial charge in [0.2, 0.25) is 0 Å². The van der Waals surface area contributed by atoms with Crippen molar-refractivity contribution >= 4 is 11.1 Å². The van der Waals surface area contributed by atoms with Crippen LogP contribution < -0.4 is 5.76 Å². The Morgan fingerprint density at radius 2 is 2.37 bits per heavy atom. The zero-order chi connectivity index (χ0) is 13.4. The molecule has 0 fully saturated rings. The molecule has 1 N–H and O–H groups in total. The molecule has 3 rings (SSSR count). The van der Waals surface area contributed by atoms with Crippen LogP contribution in [-0.2, 0) is 7.05 Å². The van der Waals surface area contributed by atoms with E-state index in [9.17, 15) is 10.1 Å². The number of hydrogen-bond donors (Lipinski definition) is 1. The third-order valence-electron chi connectivity index (χ3n) is 3.07. The zero-order valence-electron chi connectivity index (χ0n) is 10.1. The van der Waals surface area contributed by atoms with E-state index in [0.29, 0.717) is 16.9 Å². The number of aromatic nitrogens is 3. The first kappa shape index (κ1) is 11.3. The van der Waals surface area contributed by atoms with Gasteiger partial charge < -0.3 is 9.40 Å². The topological polar surface area (TPSA) is 87.6 Å². The Balaban J connectivity index is 2.16. The third kappa shape index (κ3) is 1.72. The van der Waals surface area contributed by atoms with Crippen LogP contribution in [0.5, 0.6) is 0 Å². The van der Waals surface area contributed by atoms with Crippen LogP contribution in [0.3, 0.4) is 0 Å². The molecule has 94 valence electrons. The van der Waals surface area contributed by atoms with E-state index in [0.717, 1.165) is 5.56 Å². The minimum Gasteiger partial charge on any atom is -0.408 e. The smallest absolute Gasteiger partial charge is 0.408 e. The average Bonchev–Trinajstić information content (AvgIpc) is 3.01. The van der Waals surface area contributed by atoms with E-state index >= 15 is 0 Å². The summed E-state index contributed by atoms with van der Waals surface area (Å²) in [7, 11) is 1.64. The molecule has 1 aromatic carbocycles. The number of fused-ring (bicyclic) bond motifs is 1. The van der Waals surface area contributed by atoms with E-state index < -0.39 is 11.7 Å². The van der Waals surface area contributed by atoms with Crippen LogP contribution in [0.1, 0.15) is 17.3 Å². The van der Waals surface area contributed by atoms with Crippen LogP contribution in [0.2, 0.25) is 0 Å². The van der Waals surface area contributed by atoms with E-state index in [2.05, 4.69) is 16.0 Å². The highest BCUT2D eigenvalue weighted by Crippen LogP contribution is 2.24. The van der Waals surface area contributed by atoms with Crippen molar-refractivity contribution in [2.75, 3.05) is 0 Å².